The van der Waals surface area contributed by atoms with Gasteiger partial charge in [-0.25, -0.2) is 4.39 Å². The standard InChI is InChI=1S/C17H15FN2O/c1-11(19)15-9-13(18)5-7-17(15)21-14-6-4-12-3-2-8-20-16(12)10-14/h2-11H,19H2,1H3/t11-/m0/s1. The van der Waals surface area contributed by atoms with Gasteiger partial charge in [0, 0.05) is 29.3 Å². The molecule has 0 bridgehead atoms. The fraction of sp³-hybridized carbons (Fsp3) is 0.118. The van der Waals surface area contributed by atoms with Gasteiger partial charge in [0.25, 0.3) is 0 Å². The quantitative estimate of drug-likeness (QED) is 0.783. The molecule has 3 nitrogen and oxygen atoms in total. The maximum Gasteiger partial charge on any atom is 0.132 e. The first-order chi connectivity index (χ1) is 10.1. The number of nitrogens with two attached hydrogens (primary N) is 1. The van der Waals surface area contributed by atoms with E-state index in [2.05, 4.69) is 4.98 Å². The van der Waals surface area contributed by atoms with Crippen molar-refractivity contribution in [3.8, 4) is 11.5 Å². The third kappa shape index (κ3) is 2.85. The molecule has 0 fully saturated rings. The van der Waals surface area contributed by atoms with Crippen molar-refractivity contribution in [2.45, 2.75) is 13.0 Å². The molecule has 0 aliphatic carbocycles. The number of pyridine rings is 1. The molecule has 21 heavy (non-hydrogen) atoms. The molecule has 0 saturated heterocycles. The Kier molecular flexibility index (Phi) is 3.54. The molecule has 3 rings (SSSR count). The number of benzene rings is 2. The van der Waals surface area contributed by atoms with Gasteiger partial charge in [0.2, 0.25) is 0 Å². The second-order valence-corrected chi connectivity index (χ2v) is 4.93. The van der Waals surface area contributed by atoms with Gasteiger partial charge in [-0.3, -0.25) is 4.98 Å². The number of hydrogen-bond donors (Lipinski definition) is 1. The SMILES string of the molecule is C[C@H](N)c1cc(F)ccc1Oc1ccc2cccnc2c1. The van der Waals surface area contributed by atoms with Gasteiger partial charge in [0.1, 0.15) is 17.3 Å². The third-order valence-corrected chi connectivity index (χ3v) is 3.27. The topological polar surface area (TPSA) is 48.1 Å². The lowest BCUT2D eigenvalue weighted by atomic mass is 10.1. The average molecular weight is 282 g/mol. The molecule has 2 N–H and O–H groups in total. The van der Waals surface area contributed by atoms with Crippen LogP contribution in [0.15, 0.2) is 54.7 Å². The number of aromatic nitrogens is 1. The van der Waals surface area contributed by atoms with Crippen LogP contribution < -0.4 is 10.5 Å². The first-order valence-electron chi connectivity index (χ1n) is 6.71. The Labute approximate surface area is 122 Å². The van der Waals surface area contributed by atoms with Crippen molar-refractivity contribution in [2.24, 2.45) is 5.73 Å². The molecule has 0 radical (unpaired) electrons. The number of hydrogen-bond acceptors (Lipinski definition) is 3. The summed E-state index contributed by atoms with van der Waals surface area (Å²) in [6.07, 6.45) is 1.73. The first-order valence-corrected chi connectivity index (χ1v) is 6.71. The van der Waals surface area contributed by atoms with E-state index in [-0.39, 0.29) is 11.9 Å². The highest BCUT2D eigenvalue weighted by Gasteiger charge is 2.11. The molecule has 4 heteroatoms. The van der Waals surface area contributed by atoms with E-state index in [1.165, 1.54) is 12.1 Å². The molecular weight excluding hydrogens is 267 g/mol. The van der Waals surface area contributed by atoms with Gasteiger partial charge in [0.15, 0.2) is 0 Å². The Hall–Kier alpha value is -2.46. The lowest BCUT2D eigenvalue weighted by Crippen LogP contribution is -2.07. The summed E-state index contributed by atoms with van der Waals surface area (Å²) in [4.78, 5) is 4.29. The van der Waals surface area contributed by atoms with Gasteiger partial charge < -0.3 is 10.5 Å². The van der Waals surface area contributed by atoms with Gasteiger partial charge in [-0.2, -0.15) is 0 Å². The zero-order chi connectivity index (χ0) is 14.8. The summed E-state index contributed by atoms with van der Waals surface area (Å²) >= 11 is 0. The smallest absolute Gasteiger partial charge is 0.132 e. The van der Waals surface area contributed by atoms with Crippen LogP contribution in [0.3, 0.4) is 0 Å². The van der Waals surface area contributed by atoms with Crippen molar-refractivity contribution in [3.63, 3.8) is 0 Å². The van der Waals surface area contributed by atoms with Crippen LogP contribution in [0.2, 0.25) is 0 Å². The molecule has 0 unspecified atom stereocenters. The largest absolute Gasteiger partial charge is 0.457 e. The summed E-state index contributed by atoms with van der Waals surface area (Å²) in [6.45, 7) is 1.80. The summed E-state index contributed by atoms with van der Waals surface area (Å²) in [5, 5.41) is 1.04. The maximum atomic E-state index is 13.3. The minimum atomic E-state index is -0.324. The van der Waals surface area contributed by atoms with E-state index >= 15 is 0 Å². The van der Waals surface area contributed by atoms with Crippen molar-refractivity contribution < 1.29 is 9.13 Å². The zero-order valence-corrected chi connectivity index (χ0v) is 11.6. The highest BCUT2D eigenvalue weighted by molar-refractivity contribution is 5.79. The second-order valence-electron chi connectivity index (χ2n) is 4.93. The van der Waals surface area contributed by atoms with E-state index < -0.39 is 0 Å². The Morgan fingerprint density at radius 3 is 2.81 bits per heavy atom. The van der Waals surface area contributed by atoms with Crippen molar-refractivity contribution in [3.05, 3.63) is 66.1 Å². The Bertz CT molecular complexity index is 787. The monoisotopic (exact) mass is 282 g/mol. The highest BCUT2D eigenvalue weighted by Crippen LogP contribution is 2.30. The van der Waals surface area contributed by atoms with Gasteiger partial charge in [-0.1, -0.05) is 6.07 Å². The number of nitrogens with zero attached hydrogens (tertiary/aromatic N) is 1. The molecule has 0 aliphatic rings. The van der Waals surface area contributed by atoms with Gasteiger partial charge in [-0.05, 0) is 43.3 Å². The Morgan fingerprint density at radius 2 is 2.00 bits per heavy atom. The minimum absolute atomic E-state index is 0.311. The fourth-order valence-electron chi connectivity index (χ4n) is 2.20. The molecule has 2 aromatic carbocycles. The van der Waals surface area contributed by atoms with Gasteiger partial charge in [-0.15, -0.1) is 0 Å². The molecule has 3 aromatic rings. The molecule has 1 atom stereocenters. The first kappa shape index (κ1) is 13.5. The van der Waals surface area contributed by atoms with Crippen LogP contribution in [0.1, 0.15) is 18.5 Å². The van der Waals surface area contributed by atoms with Crippen LogP contribution in [0, 0.1) is 5.82 Å². The van der Waals surface area contributed by atoms with E-state index in [0.29, 0.717) is 17.1 Å². The second kappa shape index (κ2) is 5.50. The fourth-order valence-corrected chi connectivity index (χ4v) is 2.20. The van der Waals surface area contributed by atoms with E-state index in [9.17, 15) is 4.39 Å². The predicted molar refractivity (Wildman–Crippen MR) is 80.8 cm³/mol. The van der Waals surface area contributed by atoms with E-state index in [1.54, 1.807) is 19.2 Å². The molecule has 1 heterocycles. The van der Waals surface area contributed by atoms with E-state index in [1.807, 2.05) is 30.3 Å². The average Bonchev–Trinajstić information content (AvgIpc) is 2.49. The van der Waals surface area contributed by atoms with Crippen molar-refractivity contribution in [1.82, 2.24) is 4.98 Å². The van der Waals surface area contributed by atoms with Crippen LogP contribution in [0.25, 0.3) is 10.9 Å². The van der Waals surface area contributed by atoms with Gasteiger partial charge >= 0.3 is 0 Å². The zero-order valence-electron chi connectivity index (χ0n) is 11.6. The van der Waals surface area contributed by atoms with E-state index in [4.69, 9.17) is 10.5 Å². The van der Waals surface area contributed by atoms with Crippen LogP contribution in [-0.2, 0) is 0 Å². The van der Waals surface area contributed by atoms with Crippen LogP contribution in [-0.4, -0.2) is 4.98 Å². The third-order valence-electron chi connectivity index (χ3n) is 3.27. The maximum absolute atomic E-state index is 13.3. The molecule has 0 amide bonds. The van der Waals surface area contributed by atoms with E-state index in [0.717, 1.165) is 10.9 Å². The normalized spacial score (nSPS) is 12.3. The van der Waals surface area contributed by atoms with Crippen molar-refractivity contribution in [1.29, 1.82) is 0 Å². The predicted octanol–water partition coefficient (Wildman–Crippen LogP) is 4.19. The highest BCUT2D eigenvalue weighted by atomic mass is 19.1. The lowest BCUT2D eigenvalue weighted by molar-refractivity contribution is 0.470. The summed E-state index contributed by atoms with van der Waals surface area (Å²) in [7, 11) is 0. The molecular formula is C17H15FN2O. The van der Waals surface area contributed by atoms with Crippen LogP contribution in [0.4, 0.5) is 4.39 Å². The summed E-state index contributed by atoms with van der Waals surface area (Å²) < 4.78 is 19.2. The summed E-state index contributed by atoms with van der Waals surface area (Å²) in [5.74, 6) is 0.881. The summed E-state index contributed by atoms with van der Waals surface area (Å²) in [5.41, 5.74) is 7.35. The number of rotatable bonds is 3. The number of ether oxygens (including phenoxy) is 1. The van der Waals surface area contributed by atoms with Crippen LogP contribution in [0.5, 0.6) is 11.5 Å². The molecule has 1 aromatic heterocycles. The molecule has 0 aliphatic heterocycles. The molecule has 106 valence electrons. The number of fused-ring (bicyclic) bond motifs is 1. The van der Waals surface area contributed by atoms with Gasteiger partial charge in [0.05, 0.1) is 5.52 Å². The lowest BCUT2D eigenvalue weighted by Gasteiger charge is -2.14. The Balaban J connectivity index is 1.98. The minimum Gasteiger partial charge on any atom is -0.457 e. The molecule has 0 spiro atoms. The van der Waals surface area contributed by atoms with Crippen molar-refractivity contribution >= 4 is 10.9 Å². The van der Waals surface area contributed by atoms with Crippen LogP contribution >= 0.6 is 0 Å². The summed E-state index contributed by atoms with van der Waals surface area (Å²) in [6, 6.07) is 13.6. The molecule has 0 saturated carbocycles. The Morgan fingerprint density at radius 1 is 1.14 bits per heavy atom. The van der Waals surface area contributed by atoms with Crippen molar-refractivity contribution in [2.75, 3.05) is 0 Å². The number of halogens is 1.